The summed E-state index contributed by atoms with van der Waals surface area (Å²) in [5, 5.41) is 11.9. The quantitative estimate of drug-likeness (QED) is 0.869. The summed E-state index contributed by atoms with van der Waals surface area (Å²) in [6, 6.07) is 5.68. The van der Waals surface area contributed by atoms with Gasteiger partial charge in [-0.3, -0.25) is 4.79 Å². The number of hydrogen-bond donors (Lipinski definition) is 1. The molecule has 2 rings (SSSR count). The van der Waals surface area contributed by atoms with Crippen molar-refractivity contribution in [1.82, 2.24) is 5.32 Å². The SMILES string of the molecule is N#CC1(NC(=O)CSc2ccc(F)c(F)c2)CCCC1. The van der Waals surface area contributed by atoms with Gasteiger partial charge in [0.15, 0.2) is 11.6 Å². The summed E-state index contributed by atoms with van der Waals surface area (Å²) < 4.78 is 25.8. The van der Waals surface area contributed by atoms with Crippen molar-refractivity contribution in [1.29, 1.82) is 5.26 Å². The highest BCUT2D eigenvalue weighted by molar-refractivity contribution is 8.00. The summed E-state index contributed by atoms with van der Waals surface area (Å²) in [5.41, 5.74) is -0.744. The molecule has 0 heterocycles. The Morgan fingerprint density at radius 1 is 1.35 bits per heavy atom. The fourth-order valence-corrected chi connectivity index (χ4v) is 2.98. The van der Waals surface area contributed by atoms with Crippen molar-refractivity contribution in [2.24, 2.45) is 0 Å². The molecule has 3 nitrogen and oxygen atoms in total. The van der Waals surface area contributed by atoms with Crippen LogP contribution in [0.2, 0.25) is 0 Å². The smallest absolute Gasteiger partial charge is 0.231 e. The molecule has 0 atom stereocenters. The van der Waals surface area contributed by atoms with E-state index in [4.69, 9.17) is 5.26 Å². The third-order valence-corrected chi connectivity index (χ3v) is 4.30. The predicted molar refractivity (Wildman–Crippen MR) is 72.0 cm³/mol. The number of nitriles is 1. The molecule has 1 fully saturated rings. The Morgan fingerprint density at radius 2 is 2.05 bits per heavy atom. The molecule has 1 saturated carbocycles. The topological polar surface area (TPSA) is 52.9 Å². The number of nitrogens with zero attached hydrogens (tertiary/aromatic N) is 1. The highest BCUT2D eigenvalue weighted by Crippen LogP contribution is 2.29. The maximum absolute atomic E-state index is 13.0. The normalized spacial score (nSPS) is 16.6. The minimum absolute atomic E-state index is 0.0779. The summed E-state index contributed by atoms with van der Waals surface area (Å²) in [6.45, 7) is 0. The summed E-state index contributed by atoms with van der Waals surface area (Å²) >= 11 is 1.12. The van der Waals surface area contributed by atoms with E-state index in [2.05, 4.69) is 11.4 Å². The van der Waals surface area contributed by atoms with Gasteiger partial charge in [-0.15, -0.1) is 11.8 Å². The predicted octanol–water partition coefficient (Wildman–Crippen LogP) is 3.01. The Kier molecular flexibility index (Phi) is 4.61. The lowest BCUT2D eigenvalue weighted by Gasteiger charge is -2.21. The number of hydrogen-bond acceptors (Lipinski definition) is 3. The largest absolute Gasteiger partial charge is 0.337 e. The Bertz CT molecular complexity index is 551. The van der Waals surface area contributed by atoms with E-state index >= 15 is 0 Å². The van der Waals surface area contributed by atoms with Gasteiger partial charge in [0.25, 0.3) is 0 Å². The second-order valence-corrected chi connectivity index (χ2v) is 5.86. The van der Waals surface area contributed by atoms with Crippen molar-refractivity contribution in [2.75, 3.05) is 5.75 Å². The number of nitrogens with one attached hydrogen (secondary N) is 1. The Hall–Kier alpha value is -1.61. The van der Waals surface area contributed by atoms with E-state index in [1.54, 1.807) is 0 Å². The number of carbonyl (C=O) groups excluding carboxylic acids is 1. The number of benzene rings is 1. The molecule has 1 aliphatic carbocycles. The van der Waals surface area contributed by atoms with Gasteiger partial charge in [0.05, 0.1) is 11.8 Å². The zero-order chi connectivity index (χ0) is 14.6. The van der Waals surface area contributed by atoms with Crippen LogP contribution >= 0.6 is 11.8 Å². The first kappa shape index (κ1) is 14.8. The van der Waals surface area contributed by atoms with E-state index in [1.165, 1.54) is 6.07 Å². The number of amides is 1. The van der Waals surface area contributed by atoms with Gasteiger partial charge >= 0.3 is 0 Å². The van der Waals surface area contributed by atoms with Crippen molar-refractivity contribution in [2.45, 2.75) is 36.1 Å². The van der Waals surface area contributed by atoms with Crippen LogP contribution in [0.4, 0.5) is 8.78 Å². The minimum Gasteiger partial charge on any atom is -0.337 e. The zero-order valence-electron chi connectivity index (χ0n) is 10.8. The van der Waals surface area contributed by atoms with E-state index in [0.717, 1.165) is 36.7 Å². The van der Waals surface area contributed by atoms with Gasteiger partial charge in [-0.25, -0.2) is 8.78 Å². The summed E-state index contributed by atoms with van der Waals surface area (Å²) in [5.74, 6) is -2.02. The van der Waals surface area contributed by atoms with Gasteiger partial charge in [0, 0.05) is 4.90 Å². The first-order valence-electron chi connectivity index (χ1n) is 6.35. The molecular formula is C14H14F2N2OS. The van der Waals surface area contributed by atoms with Gasteiger partial charge in [-0.05, 0) is 43.9 Å². The number of halogens is 2. The van der Waals surface area contributed by atoms with Crippen molar-refractivity contribution in [3.8, 4) is 6.07 Å². The maximum Gasteiger partial charge on any atom is 0.231 e. The lowest BCUT2D eigenvalue weighted by Crippen LogP contribution is -2.45. The van der Waals surface area contributed by atoms with Crippen LogP contribution in [0.25, 0.3) is 0 Å². The fourth-order valence-electron chi connectivity index (χ4n) is 2.26. The molecule has 6 heteroatoms. The number of carbonyl (C=O) groups is 1. The Balaban J connectivity index is 1.89. The van der Waals surface area contributed by atoms with E-state index < -0.39 is 17.2 Å². The second-order valence-electron chi connectivity index (χ2n) is 4.81. The summed E-state index contributed by atoms with van der Waals surface area (Å²) in [7, 11) is 0. The summed E-state index contributed by atoms with van der Waals surface area (Å²) in [6.07, 6.45) is 3.21. The van der Waals surface area contributed by atoms with Crippen LogP contribution in [-0.4, -0.2) is 17.2 Å². The van der Waals surface area contributed by atoms with E-state index in [9.17, 15) is 13.6 Å². The molecule has 106 valence electrons. The molecule has 0 aromatic heterocycles. The molecular weight excluding hydrogens is 282 g/mol. The van der Waals surface area contributed by atoms with Crippen molar-refractivity contribution in [3.05, 3.63) is 29.8 Å². The van der Waals surface area contributed by atoms with Crippen LogP contribution in [0.15, 0.2) is 23.1 Å². The molecule has 1 amide bonds. The Labute approximate surface area is 120 Å². The lowest BCUT2D eigenvalue weighted by atomic mass is 10.0. The molecule has 1 aromatic rings. The molecule has 1 aromatic carbocycles. The molecule has 1 aliphatic rings. The van der Waals surface area contributed by atoms with Gasteiger partial charge < -0.3 is 5.32 Å². The van der Waals surface area contributed by atoms with Crippen LogP contribution in [0.1, 0.15) is 25.7 Å². The molecule has 0 radical (unpaired) electrons. The molecule has 0 spiro atoms. The summed E-state index contributed by atoms with van der Waals surface area (Å²) in [4.78, 5) is 12.3. The monoisotopic (exact) mass is 296 g/mol. The maximum atomic E-state index is 13.0. The van der Waals surface area contributed by atoms with Gasteiger partial charge in [-0.1, -0.05) is 0 Å². The van der Waals surface area contributed by atoms with E-state index in [0.29, 0.717) is 17.7 Å². The van der Waals surface area contributed by atoms with Crippen molar-refractivity contribution in [3.63, 3.8) is 0 Å². The lowest BCUT2D eigenvalue weighted by molar-refractivity contribution is -0.119. The highest BCUT2D eigenvalue weighted by atomic mass is 32.2. The third kappa shape index (κ3) is 3.48. The molecule has 20 heavy (non-hydrogen) atoms. The van der Waals surface area contributed by atoms with E-state index in [-0.39, 0.29) is 11.7 Å². The van der Waals surface area contributed by atoms with E-state index in [1.807, 2.05) is 0 Å². The Morgan fingerprint density at radius 3 is 2.65 bits per heavy atom. The third-order valence-electron chi connectivity index (χ3n) is 3.31. The fraction of sp³-hybridized carbons (Fsp3) is 0.429. The second kappa shape index (κ2) is 6.23. The molecule has 0 aliphatic heterocycles. The number of rotatable bonds is 4. The number of thioether (sulfide) groups is 1. The molecule has 0 unspecified atom stereocenters. The highest BCUT2D eigenvalue weighted by Gasteiger charge is 2.35. The van der Waals surface area contributed by atoms with Crippen LogP contribution in [0.5, 0.6) is 0 Å². The first-order chi connectivity index (χ1) is 9.54. The van der Waals surface area contributed by atoms with Crippen LogP contribution in [-0.2, 0) is 4.79 Å². The standard InChI is InChI=1S/C14H14F2N2OS/c15-11-4-3-10(7-12(11)16)20-8-13(19)18-14(9-17)5-1-2-6-14/h3-4,7H,1-2,5-6,8H2,(H,18,19). The van der Waals surface area contributed by atoms with Crippen molar-refractivity contribution < 1.29 is 13.6 Å². The minimum atomic E-state index is -0.931. The van der Waals surface area contributed by atoms with Gasteiger partial charge in [0.2, 0.25) is 5.91 Å². The van der Waals surface area contributed by atoms with Crippen LogP contribution in [0, 0.1) is 23.0 Å². The molecule has 0 bridgehead atoms. The average molecular weight is 296 g/mol. The molecule has 1 N–H and O–H groups in total. The van der Waals surface area contributed by atoms with Crippen LogP contribution in [0.3, 0.4) is 0 Å². The zero-order valence-corrected chi connectivity index (χ0v) is 11.6. The van der Waals surface area contributed by atoms with Gasteiger partial charge in [-0.2, -0.15) is 5.26 Å². The average Bonchev–Trinajstić information content (AvgIpc) is 2.89. The van der Waals surface area contributed by atoms with Crippen molar-refractivity contribution >= 4 is 17.7 Å². The van der Waals surface area contributed by atoms with Crippen LogP contribution < -0.4 is 5.32 Å². The molecule has 0 saturated heterocycles. The first-order valence-corrected chi connectivity index (χ1v) is 7.33. The van der Waals surface area contributed by atoms with Gasteiger partial charge in [0.1, 0.15) is 5.54 Å².